The molecule has 5 heteroatoms. The molecule has 1 aromatic carbocycles. The highest BCUT2D eigenvalue weighted by atomic mass is 16.2. The monoisotopic (exact) mass is 289 g/mol. The number of imidazole rings is 1. The average Bonchev–Trinajstić information content (AvgIpc) is 2.76. The van der Waals surface area contributed by atoms with E-state index in [2.05, 4.69) is 12.2 Å². The number of benzene rings is 1. The number of nitrogens with one attached hydrogen (secondary N) is 1. The summed E-state index contributed by atoms with van der Waals surface area (Å²) in [5.41, 5.74) is 1.82. The SMILES string of the molecule is CCCNC(=O)CCn1c(=O)n(CCC)c2ccccc21. The maximum atomic E-state index is 12.5. The zero-order valence-electron chi connectivity index (χ0n) is 12.8. The molecule has 1 amide bonds. The van der Waals surface area contributed by atoms with E-state index in [1.54, 1.807) is 9.13 Å². The minimum atomic E-state index is -0.0265. The smallest absolute Gasteiger partial charge is 0.329 e. The number of amides is 1. The fourth-order valence-corrected chi connectivity index (χ4v) is 2.49. The average molecular weight is 289 g/mol. The molecule has 0 atom stereocenters. The number of hydrogen-bond donors (Lipinski definition) is 1. The molecule has 0 aliphatic rings. The number of carbonyl (C=O) groups excluding carboxylic acids is 1. The summed E-state index contributed by atoms with van der Waals surface area (Å²) in [6.07, 6.45) is 2.16. The normalized spacial score (nSPS) is 11.0. The molecule has 0 fully saturated rings. The third-order valence-corrected chi connectivity index (χ3v) is 3.51. The molecule has 1 N–H and O–H groups in total. The first kappa shape index (κ1) is 15.4. The molecular weight excluding hydrogens is 266 g/mol. The van der Waals surface area contributed by atoms with E-state index in [0.29, 0.717) is 26.1 Å². The van der Waals surface area contributed by atoms with Crippen LogP contribution in [-0.4, -0.2) is 21.6 Å². The number of aryl methyl sites for hydroxylation is 2. The van der Waals surface area contributed by atoms with Crippen LogP contribution in [0.4, 0.5) is 0 Å². The van der Waals surface area contributed by atoms with Gasteiger partial charge in [-0.2, -0.15) is 0 Å². The van der Waals surface area contributed by atoms with Crippen LogP contribution in [0.5, 0.6) is 0 Å². The molecule has 0 aliphatic heterocycles. The van der Waals surface area contributed by atoms with Crippen molar-refractivity contribution in [2.24, 2.45) is 0 Å². The molecule has 0 radical (unpaired) electrons. The van der Waals surface area contributed by atoms with Crippen LogP contribution in [0.25, 0.3) is 11.0 Å². The molecule has 5 nitrogen and oxygen atoms in total. The Hall–Kier alpha value is -2.04. The molecule has 0 aliphatic carbocycles. The molecule has 0 spiro atoms. The Morgan fingerprint density at radius 3 is 2.24 bits per heavy atom. The van der Waals surface area contributed by atoms with Gasteiger partial charge in [-0.15, -0.1) is 0 Å². The summed E-state index contributed by atoms with van der Waals surface area (Å²) in [5, 5.41) is 2.84. The van der Waals surface area contributed by atoms with E-state index in [9.17, 15) is 9.59 Å². The Balaban J connectivity index is 2.25. The minimum absolute atomic E-state index is 0.00364. The first-order valence-corrected chi connectivity index (χ1v) is 7.63. The van der Waals surface area contributed by atoms with E-state index in [1.165, 1.54) is 0 Å². The molecule has 0 saturated carbocycles. The largest absolute Gasteiger partial charge is 0.356 e. The van der Waals surface area contributed by atoms with Crippen molar-refractivity contribution in [2.75, 3.05) is 6.54 Å². The number of carbonyl (C=O) groups is 1. The molecule has 1 aromatic heterocycles. The molecule has 2 aromatic rings. The van der Waals surface area contributed by atoms with Gasteiger partial charge in [-0.05, 0) is 25.0 Å². The zero-order valence-corrected chi connectivity index (χ0v) is 12.8. The molecule has 1 heterocycles. The summed E-state index contributed by atoms with van der Waals surface area (Å²) in [6.45, 7) is 5.88. The zero-order chi connectivity index (χ0) is 15.2. The molecule has 21 heavy (non-hydrogen) atoms. The maximum absolute atomic E-state index is 12.5. The van der Waals surface area contributed by atoms with Gasteiger partial charge in [0, 0.05) is 26.1 Å². The number of aromatic nitrogens is 2. The van der Waals surface area contributed by atoms with Gasteiger partial charge >= 0.3 is 5.69 Å². The predicted molar refractivity (Wildman–Crippen MR) is 84.4 cm³/mol. The third kappa shape index (κ3) is 3.35. The lowest BCUT2D eigenvalue weighted by Crippen LogP contribution is -2.29. The number of para-hydroxylation sites is 2. The predicted octanol–water partition coefficient (Wildman–Crippen LogP) is 2.13. The van der Waals surface area contributed by atoms with Gasteiger partial charge in [0.25, 0.3) is 0 Å². The van der Waals surface area contributed by atoms with Crippen LogP contribution in [0.1, 0.15) is 33.1 Å². The maximum Gasteiger partial charge on any atom is 0.329 e. The second-order valence-electron chi connectivity index (χ2n) is 5.17. The van der Waals surface area contributed by atoms with Crippen molar-refractivity contribution in [1.29, 1.82) is 0 Å². The first-order chi connectivity index (χ1) is 10.2. The van der Waals surface area contributed by atoms with Crippen molar-refractivity contribution in [3.8, 4) is 0 Å². The van der Waals surface area contributed by atoms with Crippen molar-refractivity contribution < 1.29 is 4.79 Å². The van der Waals surface area contributed by atoms with Gasteiger partial charge in [-0.25, -0.2) is 4.79 Å². The fraction of sp³-hybridized carbons (Fsp3) is 0.500. The van der Waals surface area contributed by atoms with Crippen LogP contribution >= 0.6 is 0 Å². The lowest BCUT2D eigenvalue weighted by atomic mass is 10.3. The van der Waals surface area contributed by atoms with E-state index >= 15 is 0 Å². The van der Waals surface area contributed by atoms with Crippen LogP contribution in [0.15, 0.2) is 29.1 Å². The van der Waals surface area contributed by atoms with Gasteiger partial charge in [0.05, 0.1) is 11.0 Å². The Kier molecular flexibility index (Phi) is 5.20. The minimum Gasteiger partial charge on any atom is -0.356 e. The quantitative estimate of drug-likeness (QED) is 0.849. The fourth-order valence-electron chi connectivity index (χ4n) is 2.49. The van der Waals surface area contributed by atoms with Crippen LogP contribution in [-0.2, 0) is 17.9 Å². The van der Waals surface area contributed by atoms with Gasteiger partial charge in [0.15, 0.2) is 0 Å². The van der Waals surface area contributed by atoms with Crippen molar-refractivity contribution in [2.45, 2.75) is 46.2 Å². The Morgan fingerprint density at radius 2 is 1.67 bits per heavy atom. The highest BCUT2D eigenvalue weighted by molar-refractivity contribution is 5.77. The lowest BCUT2D eigenvalue weighted by molar-refractivity contribution is -0.121. The lowest BCUT2D eigenvalue weighted by Gasteiger charge is -2.04. The van der Waals surface area contributed by atoms with Crippen LogP contribution < -0.4 is 11.0 Å². The van der Waals surface area contributed by atoms with Gasteiger partial charge in [-0.3, -0.25) is 13.9 Å². The second-order valence-corrected chi connectivity index (χ2v) is 5.17. The van der Waals surface area contributed by atoms with Crippen LogP contribution in [0, 0.1) is 0 Å². The third-order valence-electron chi connectivity index (χ3n) is 3.51. The second kappa shape index (κ2) is 7.11. The summed E-state index contributed by atoms with van der Waals surface area (Å²) in [6, 6.07) is 7.75. The van der Waals surface area contributed by atoms with Gasteiger partial charge in [0.1, 0.15) is 0 Å². The van der Waals surface area contributed by atoms with Gasteiger partial charge < -0.3 is 5.32 Å². The summed E-state index contributed by atoms with van der Waals surface area (Å²) in [4.78, 5) is 24.2. The highest BCUT2D eigenvalue weighted by Crippen LogP contribution is 2.13. The van der Waals surface area contributed by atoms with Gasteiger partial charge in [-0.1, -0.05) is 26.0 Å². The molecule has 0 unspecified atom stereocenters. The van der Waals surface area contributed by atoms with Crippen molar-refractivity contribution >= 4 is 16.9 Å². The molecule has 0 bridgehead atoms. The highest BCUT2D eigenvalue weighted by Gasteiger charge is 2.12. The number of hydrogen-bond acceptors (Lipinski definition) is 2. The standard InChI is InChI=1S/C16H23N3O2/c1-3-10-17-15(20)9-12-19-14-8-6-5-7-13(14)18(11-4-2)16(19)21/h5-8H,3-4,9-12H2,1-2H3,(H,17,20). The summed E-state index contributed by atoms with van der Waals surface area (Å²) in [7, 11) is 0. The number of nitrogens with zero attached hydrogens (tertiary/aromatic N) is 2. The Bertz CT molecular complexity index is 670. The van der Waals surface area contributed by atoms with Crippen molar-refractivity contribution in [3.05, 3.63) is 34.7 Å². The molecule has 2 rings (SSSR count). The van der Waals surface area contributed by atoms with E-state index in [0.717, 1.165) is 23.9 Å². The van der Waals surface area contributed by atoms with Crippen molar-refractivity contribution in [1.82, 2.24) is 14.5 Å². The first-order valence-electron chi connectivity index (χ1n) is 7.63. The van der Waals surface area contributed by atoms with Gasteiger partial charge in [0.2, 0.25) is 5.91 Å². The number of fused-ring (bicyclic) bond motifs is 1. The summed E-state index contributed by atoms with van der Waals surface area (Å²) in [5.74, 6) is -0.00364. The van der Waals surface area contributed by atoms with E-state index in [-0.39, 0.29) is 11.6 Å². The molecule has 0 saturated heterocycles. The Labute approximate surface area is 124 Å². The Morgan fingerprint density at radius 1 is 1.05 bits per heavy atom. The van der Waals surface area contributed by atoms with E-state index < -0.39 is 0 Å². The van der Waals surface area contributed by atoms with Crippen LogP contribution in [0.3, 0.4) is 0 Å². The summed E-state index contributed by atoms with van der Waals surface area (Å²) >= 11 is 0. The van der Waals surface area contributed by atoms with E-state index in [4.69, 9.17) is 0 Å². The molecular formula is C16H23N3O2. The number of rotatable bonds is 7. The van der Waals surface area contributed by atoms with E-state index in [1.807, 2.05) is 31.2 Å². The summed E-state index contributed by atoms with van der Waals surface area (Å²) < 4.78 is 3.50. The van der Waals surface area contributed by atoms with Crippen LogP contribution in [0.2, 0.25) is 0 Å². The molecule has 114 valence electrons. The topological polar surface area (TPSA) is 56.0 Å². The van der Waals surface area contributed by atoms with Crippen molar-refractivity contribution in [3.63, 3.8) is 0 Å².